The molecule has 1 fully saturated rings. The Labute approximate surface area is 107 Å². The Balaban J connectivity index is 1.90. The van der Waals surface area contributed by atoms with E-state index >= 15 is 0 Å². The summed E-state index contributed by atoms with van der Waals surface area (Å²) in [6.45, 7) is 12.2. The number of piperidine rings is 1. The highest BCUT2D eigenvalue weighted by molar-refractivity contribution is 4.70. The average Bonchev–Trinajstić information content (AvgIpc) is 2.35. The maximum atomic E-state index is 5.86. The van der Waals surface area contributed by atoms with Gasteiger partial charge in [-0.05, 0) is 50.7 Å². The first-order chi connectivity index (χ1) is 8.14. The van der Waals surface area contributed by atoms with Gasteiger partial charge in [-0.15, -0.1) is 0 Å². The van der Waals surface area contributed by atoms with E-state index < -0.39 is 0 Å². The molecule has 0 aliphatic carbocycles. The van der Waals surface area contributed by atoms with Gasteiger partial charge in [0, 0.05) is 13.2 Å². The lowest BCUT2D eigenvalue weighted by Gasteiger charge is -2.24. The van der Waals surface area contributed by atoms with Crippen LogP contribution in [0.2, 0.25) is 0 Å². The lowest BCUT2D eigenvalue weighted by molar-refractivity contribution is 0.0316. The van der Waals surface area contributed by atoms with Crippen molar-refractivity contribution in [2.45, 2.75) is 52.6 Å². The summed E-state index contributed by atoms with van der Waals surface area (Å²) in [6, 6.07) is 0. The molecule has 2 N–H and O–H groups in total. The smallest absolute Gasteiger partial charge is 0.0599 e. The highest BCUT2D eigenvalue weighted by Crippen LogP contribution is 2.17. The van der Waals surface area contributed by atoms with Crippen molar-refractivity contribution < 1.29 is 4.74 Å². The zero-order chi connectivity index (χ0) is 12.6. The molecule has 0 radical (unpaired) electrons. The molecule has 1 saturated heterocycles. The molecule has 17 heavy (non-hydrogen) atoms. The molecule has 1 heterocycles. The fourth-order valence-electron chi connectivity index (χ4n) is 1.96. The van der Waals surface area contributed by atoms with Crippen LogP contribution in [0.5, 0.6) is 0 Å². The van der Waals surface area contributed by atoms with E-state index in [1.165, 1.54) is 19.3 Å². The molecule has 0 saturated carbocycles. The summed E-state index contributed by atoms with van der Waals surface area (Å²) in [5.74, 6) is 0. The summed E-state index contributed by atoms with van der Waals surface area (Å²) < 4.78 is 5.86. The van der Waals surface area contributed by atoms with Gasteiger partial charge in [0.15, 0.2) is 0 Å². The predicted octanol–water partition coefficient (Wildman–Crippen LogP) is 2.17. The van der Waals surface area contributed by atoms with Gasteiger partial charge >= 0.3 is 0 Å². The van der Waals surface area contributed by atoms with Crippen LogP contribution in [-0.4, -0.2) is 38.9 Å². The quantitative estimate of drug-likeness (QED) is 0.640. The van der Waals surface area contributed by atoms with Crippen LogP contribution in [-0.2, 0) is 4.74 Å². The van der Waals surface area contributed by atoms with Crippen molar-refractivity contribution in [3.63, 3.8) is 0 Å². The van der Waals surface area contributed by atoms with Gasteiger partial charge in [0.2, 0.25) is 0 Å². The maximum Gasteiger partial charge on any atom is 0.0599 e. The van der Waals surface area contributed by atoms with E-state index in [1.807, 2.05) is 0 Å². The highest BCUT2D eigenvalue weighted by Gasteiger charge is 2.14. The Morgan fingerprint density at radius 3 is 2.65 bits per heavy atom. The Bertz CT molecular complexity index is 189. The Morgan fingerprint density at radius 1 is 1.29 bits per heavy atom. The standard InChI is InChI=1S/C14H30N2O/c1-4-14(2,3)12-16-8-5-11-17-13-6-9-15-10-7-13/h13,15-16H,4-12H2,1-3H3. The molecule has 0 aromatic rings. The summed E-state index contributed by atoms with van der Waals surface area (Å²) in [4.78, 5) is 0. The molecule has 0 amide bonds. The van der Waals surface area contributed by atoms with Gasteiger partial charge in [0.05, 0.1) is 6.10 Å². The van der Waals surface area contributed by atoms with Crippen molar-refractivity contribution in [2.75, 3.05) is 32.8 Å². The second-order valence-corrected chi connectivity index (χ2v) is 5.87. The third-order valence-electron chi connectivity index (χ3n) is 3.70. The summed E-state index contributed by atoms with van der Waals surface area (Å²) in [5, 5.41) is 6.88. The number of hydrogen-bond donors (Lipinski definition) is 2. The Morgan fingerprint density at radius 2 is 2.00 bits per heavy atom. The van der Waals surface area contributed by atoms with Gasteiger partial charge in [-0.3, -0.25) is 0 Å². The van der Waals surface area contributed by atoms with Crippen LogP contribution in [0.1, 0.15) is 46.5 Å². The van der Waals surface area contributed by atoms with E-state index in [-0.39, 0.29) is 0 Å². The van der Waals surface area contributed by atoms with Gasteiger partial charge in [0.1, 0.15) is 0 Å². The number of hydrogen-bond acceptors (Lipinski definition) is 3. The van der Waals surface area contributed by atoms with Gasteiger partial charge in [-0.1, -0.05) is 20.8 Å². The molecular weight excluding hydrogens is 212 g/mol. The molecule has 0 unspecified atom stereocenters. The van der Waals surface area contributed by atoms with Gasteiger partial charge in [0.25, 0.3) is 0 Å². The molecule has 0 bridgehead atoms. The van der Waals surface area contributed by atoms with E-state index in [0.717, 1.165) is 39.2 Å². The van der Waals surface area contributed by atoms with Crippen molar-refractivity contribution in [1.82, 2.24) is 10.6 Å². The maximum absolute atomic E-state index is 5.86. The fourth-order valence-corrected chi connectivity index (χ4v) is 1.96. The van der Waals surface area contributed by atoms with E-state index in [2.05, 4.69) is 31.4 Å². The number of ether oxygens (including phenoxy) is 1. The normalized spacial score (nSPS) is 18.5. The molecule has 1 aliphatic heterocycles. The summed E-state index contributed by atoms with van der Waals surface area (Å²) in [5.41, 5.74) is 0.426. The van der Waals surface area contributed by atoms with Gasteiger partial charge in [-0.2, -0.15) is 0 Å². The number of nitrogens with one attached hydrogen (secondary N) is 2. The Hall–Kier alpha value is -0.120. The van der Waals surface area contributed by atoms with E-state index in [4.69, 9.17) is 4.74 Å². The summed E-state index contributed by atoms with van der Waals surface area (Å²) >= 11 is 0. The van der Waals surface area contributed by atoms with Crippen LogP contribution >= 0.6 is 0 Å². The second kappa shape index (κ2) is 8.06. The SMILES string of the molecule is CCC(C)(C)CNCCCOC1CCNCC1. The van der Waals surface area contributed by atoms with Crippen LogP contribution in [0, 0.1) is 5.41 Å². The minimum Gasteiger partial charge on any atom is -0.378 e. The zero-order valence-electron chi connectivity index (χ0n) is 11.8. The summed E-state index contributed by atoms with van der Waals surface area (Å²) in [6.07, 6.45) is 5.21. The van der Waals surface area contributed by atoms with Crippen LogP contribution < -0.4 is 10.6 Å². The first-order valence-electron chi connectivity index (χ1n) is 7.17. The first-order valence-corrected chi connectivity index (χ1v) is 7.17. The third-order valence-corrected chi connectivity index (χ3v) is 3.70. The zero-order valence-corrected chi connectivity index (χ0v) is 11.8. The van der Waals surface area contributed by atoms with E-state index in [9.17, 15) is 0 Å². The molecule has 0 aromatic carbocycles. The van der Waals surface area contributed by atoms with Gasteiger partial charge < -0.3 is 15.4 Å². The molecule has 0 spiro atoms. The van der Waals surface area contributed by atoms with Crippen LogP contribution in [0.25, 0.3) is 0 Å². The first kappa shape index (κ1) is 14.9. The molecule has 3 nitrogen and oxygen atoms in total. The minimum absolute atomic E-state index is 0.426. The largest absolute Gasteiger partial charge is 0.378 e. The monoisotopic (exact) mass is 242 g/mol. The van der Waals surface area contributed by atoms with Crippen LogP contribution in [0.15, 0.2) is 0 Å². The van der Waals surface area contributed by atoms with E-state index in [1.54, 1.807) is 0 Å². The fraction of sp³-hybridized carbons (Fsp3) is 1.00. The lowest BCUT2D eigenvalue weighted by atomic mass is 9.90. The average molecular weight is 242 g/mol. The van der Waals surface area contributed by atoms with Crippen molar-refractivity contribution in [1.29, 1.82) is 0 Å². The molecular formula is C14H30N2O. The van der Waals surface area contributed by atoms with Crippen molar-refractivity contribution >= 4 is 0 Å². The molecule has 1 rings (SSSR count). The van der Waals surface area contributed by atoms with Crippen molar-refractivity contribution in [2.24, 2.45) is 5.41 Å². The van der Waals surface area contributed by atoms with Crippen molar-refractivity contribution in [3.05, 3.63) is 0 Å². The van der Waals surface area contributed by atoms with E-state index in [0.29, 0.717) is 11.5 Å². The van der Waals surface area contributed by atoms with Crippen LogP contribution in [0.3, 0.4) is 0 Å². The molecule has 1 aliphatic rings. The molecule has 102 valence electrons. The lowest BCUT2D eigenvalue weighted by Crippen LogP contribution is -2.33. The van der Waals surface area contributed by atoms with Crippen molar-refractivity contribution in [3.8, 4) is 0 Å². The second-order valence-electron chi connectivity index (χ2n) is 5.87. The minimum atomic E-state index is 0.426. The molecule has 3 heteroatoms. The summed E-state index contributed by atoms with van der Waals surface area (Å²) in [7, 11) is 0. The molecule has 0 aromatic heterocycles. The topological polar surface area (TPSA) is 33.3 Å². The van der Waals surface area contributed by atoms with Gasteiger partial charge in [-0.25, -0.2) is 0 Å². The predicted molar refractivity (Wildman–Crippen MR) is 73.4 cm³/mol. The number of rotatable bonds is 8. The Kier molecular flexibility index (Phi) is 7.09. The molecule has 0 atom stereocenters. The highest BCUT2D eigenvalue weighted by atomic mass is 16.5. The third kappa shape index (κ3) is 7.02. The van der Waals surface area contributed by atoms with Crippen LogP contribution in [0.4, 0.5) is 0 Å².